The highest BCUT2D eigenvalue weighted by molar-refractivity contribution is 4.87. The van der Waals surface area contributed by atoms with E-state index in [1.165, 1.54) is 19.3 Å². The van der Waals surface area contributed by atoms with Crippen molar-refractivity contribution in [1.29, 1.82) is 0 Å². The SMILES string of the molecule is C#CCN(CC)CCCCCNC(C)C. The molecule has 0 rings (SSSR count). The minimum Gasteiger partial charge on any atom is -0.315 e. The summed E-state index contributed by atoms with van der Waals surface area (Å²) in [5.41, 5.74) is 0. The third kappa shape index (κ3) is 9.78. The van der Waals surface area contributed by atoms with E-state index in [1.54, 1.807) is 0 Å². The van der Waals surface area contributed by atoms with Crippen LogP contribution in [0.4, 0.5) is 0 Å². The maximum atomic E-state index is 5.29. The Morgan fingerprint density at radius 1 is 1.27 bits per heavy atom. The predicted molar refractivity (Wildman–Crippen MR) is 67.9 cm³/mol. The van der Waals surface area contributed by atoms with Crippen LogP contribution in [0, 0.1) is 12.3 Å². The predicted octanol–water partition coefficient (Wildman–Crippen LogP) is 2.11. The average Bonchev–Trinajstić information content (AvgIpc) is 2.21. The Balaban J connectivity index is 3.26. The Morgan fingerprint density at radius 3 is 2.53 bits per heavy atom. The van der Waals surface area contributed by atoms with E-state index in [1.807, 2.05) is 0 Å². The van der Waals surface area contributed by atoms with E-state index in [4.69, 9.17) is 6.42 Å². The lowest BCUT2D eigenvalue weighted by atomic mass is 10.2. The first-order valence-corrected chi connectivity index (χ1v) is 6.09. The highest BCUT2D eigenvalue weighted by atomic mass is 15.1. The Labute approximate surface area is 95.4 Å². The summed E-state index contributed by atoms with van der Waals surface area (Å²) in [6.45, 7) is 10.7. The van der Waals surface area contributed by atoms with Crippen LogP contribution in [-0.4, -0.2) is 37.1 Å². The van der Waals surface area contributed by atoms with Crippen molar-refractivity contribution >= 4 is 0 Å². The van der Waals surface area contributed by atoms with Crippen LogP contribution in [0.3, 0.4) is 0 Å². The molecule has 88 valence electrons. The van der Waals surface area contributed by atoms with E-state index in [9.17, 15) is 0 Å². The standard InChI is InChI=1S/C13H26N2/c1-5-11-15(6-2)12-9-7-8-10-14-13(3)4/h1,13-14H,6-12H2,2-4H3. The number of rotatable bonds is 9. The van der Waals surface area contributed by atoms with Gasteiger partial charge in [-0.25, -0.2) is 0 Å². The van der Waals surface area contributed by atoms with Crippen LogP contribution in [0.2, 0.25) is 0 Å². The molecule has 15 heavy (non-hydrogen) atoms. The van der Waals surface area contributed by atoms with E-state index in [2.05, 4.69) is 36.9 Å². The molecule has 0 saturated heterocycles. The second-order valence-electron chi connectivity index (χ2n) is 4.24. The van der Waals surface area contributed by atoms with Gasteiger partial charge in [0.05, 0.1) is 6.54 Å². The summed E-state index contributed by atoms with van der Waals surface area (Å²) in [5.74, 6) is 2.70. The summed E-state index contributed by atoms with van der Waals surface area (Å²) in [6.07, 6.45) is 9.11. The first-order chi connectivity index (χ1) is 7.20. The zero-order valence-corrected chi connectivity index (χ0v) is 10.6. The maximum Gasteiger partial charge on any atom is 0.0598 e. The summed E-state index contributed by atoms with van der Waals surface area (Å²) in [5, 5.41) is 3.43. The number of nitrogens with one attached hydrogen (secondary N) is 1. The fourth-order valence-corrected chi connectivity index (χ4v) is 1.51. The second-order valence-corrected chi connectivity index (χ2v) is 4.24. The smallest absolute Gasteiger partial charge is 0.0598 e. The van der Waals surface area contributed by atoms with Crippen LogP contribution < -0.4 is 5.32 Å². The fourth-order valence-electron chi connectivity index (χ4n) is 1.51. The Morgan fingerprint density at radius 2 is 2.00 bits per heavy atom. The molecular formula is C13H26N2. The van der Waals surface area contributed by atoms with Gasteiger partial charge in [-0.2, -0.15) is 0 Å². The molecule has 0 aromatic rings. The van der Waals surface area contributed by atoms with Crippen molar-refractivity contribution in [1.82, 2.24) is 10.2 Å². The highest BCUT2D eigenvalue weighted by Gasteiger charge is 1.99. The van der Waals surface area contributed by atoms with Crippen molar-refractivity contribution in [3.8, 4) is 12.3 Å². The molecule has 0 aliphatic heterocycles. The Kier molecular flexibility index (Phi) is 9.67. The minimum absolute atomic E-state index is 0.610. The zero-order valence-electron chi connectivity index (χ0n) is 10.6. The third-order valence-corrected chi connectivity index (χ3v) is 2.47. The quantitative estimate of drug-likeness (QED) is 0.463. The van der Waals surface area contributed by atoms with Crippen LogP contribution in [-0.2, 0) is 0 Å². The van der Waals surface area contributed by atoms with Crippen molar-refractivity contribution < 1.29 is 0 Å². The van der Waals surface area contributed by atoms with Gasteiger partial charge in [0.2, 0.25) is 0 Å². The lowest BCUT2D eigenvalue weighted by Gasteiger charge is -2.17. The van der Waals surface area contributed by atoms with Crippen LogP contribution in [0.25, 0.3) is 0 Å². The number of unbranched alkanes of at least 4 members (excludes halogenated alkanes) is 2. The molecule has 0 atom stereocenters. The molecule has 0 unspecified atom stereocenters. The molecule has 2 nitrogen and oxygen atoms in total. The van der Waals surface area contributed by atoms with Gasteiger partial charge in [-0.05, 0) is 32.5 Å². The van der Waals surface area contributed by atoms with E-state index in [-0.39, 0.29) is 0 Å². The first-order valence-electron chi connectivity index (χ1n) is 6.09. The summed E-state index contributed by atoms with van der Waals surface area (Å²) < 4.78 is 0. The summed E-state index contributed by atoms with van der Waals surface area (Å²) in [4.78, 5) is 2.32. The van der Waals surface area contributed by atoms with Gasteiger partial charge in [0.1, 0.15) is 0 Å². The van der Waals surface area contributed by atoms with Gasteiger partial charge < -0.3 is 5.32 Å². The van der Waals surface area contributed by atoms with Gasteiger partial charge in [-0.15, -0.1) is 6.42 Å². The molecular weight excluding hydrogens is 184 g/mol. The Hall–Kier alpha value is -0.520. The van der Waals surface area contributed by atoms with E-state index in [0.29, 0.717) is 6.04 Å². The van der Waals surface area contributed by atoms with Crippen LogP contribution in [0.5, 0.6) is 0 Å². The van der Waals surface area contributed by atoms with Crippen molar-refractivity contribution in [3.05, 3.63) is 0 Å². The number of terminal acetylenes is 1. The monoisotopic (exact) mass is 210 g/mol. The molecule has 0 bridgehead atoms. The average molecular weight is 210 g/mol. The number of nitrogens with zero attached hydrogens (tertiary/aromatic N) is 1. The number of hydrogen-bond donors (Lipinski definition) is 1. The third-order valence-electron chi connectivity index (χ3n) is 2.47. The second kappa shape index (κ2) is 10.0. The molecule has 0 aliphatic rings. The minimum atomic E-state index is 0.610. The summed E-state index contributed by atoms with van der Waals surface area (Å²) in [6, 6.07) is 0.610. The van der Waals surface area contributed by atoms with Crippen molar-refractivity contribution in [3.63, 3.8) is 0 Å². The molecule has 0 amide bonds. The van der Waals surface area contributed by atoms with E-state index >= 15 is 0 Å². The summed E-state index contributed by atoms with van der Waals surface area (Å²) in [7, 11) is 0. The molecule has 0 spiro atoms. The molecule has 0 aromatic heterocycles. The zero-order chi connectivity index (χ0) is 11.5. The largest absolute Gasteiger partial charge is 0.315 e. The molecule has 0 heterocycles. The van der Waals surface area contributed by atoms with Crippen LogP contribution in [0.15, 0.2) is 0 Å². The van der Waals surface area contributed by atoms with E-state index in [0.717, 1.165) is 26.2 Å². The van der Waals surface area contributed by atoms with Gasteiger partial charge in [0.15, 0.2) is 0 Å². The lowest BCUT2D eigenvalue weighted by Crippen LogP contribution is -2.26. The van der Waals surface area contributed by atoms with Crippen molar-refractivity contribution in [2.45, 2.75) is 46.1 Å². The van der Waals surface area contributed by atoms with Crippen molar-refractivity contribution in [2.24, 2.45) is 0 Å². The molecule has 0 radical (unpaired) electrons. The van der Waals surface area contributed by atoms with Crippen molar-refractivity contribution in [2.75, 3.05) is 26.2 Å². The van der Waals surface area contributed by atoms with Crippen LogP contribution >= 0.6 is 0 Å². The topological polar surface area (TPSA) is 15.3 Å². The normalized spacial score (nSPS) is 10.9. The Bertz CT molecular complexity index is 170. The molecule has 1 N–H and O–H groups in total. The van der Waals surface area contributed by atoms with Gasteiger partial charge in [0, 0.05) is 6.04 Å². The molecule has 0 aromatic carbocycles. The fraction of sp³-hybridized carbons (Fsp3) is 0.846. The van der Waals surface area contributed by atoms with Gasteiger partial charge in [-0.1, -0.05) is 33.1 Å². The highest BCUT2D eigenvalue weighted by Crippen LogP contribution is 1.98. The molecule has 0 fully saturated rings. The lowest BCUT2D eigenvalue weighted by molar-refractivity contribution is 0.314. The van der Waals surface area contributed by atoms with Crippen LogP contribution in [0.1, 0.15) is 40.0 Å². The first kappa shape index (κ1) is 14.5. The molecule has 0 saturated carbocycles. The summed E-state index contributed by atoms with van der Waals surface area (Å²) >= 11 is 0. The van der Waals surface area contributed by atoms with E-state index < -0.39 is 0 Å². The molecule has 2 heteroatoms. The molecule has 0 aliphatic carbocycles. The van der Waals surface area contributed by atoms with Gasteiger partial charge in [0.25, 0.3) is 0 Å². The maximum absolute atomic E-state index is 5.29. The van der Waals surface area contributed by atoms with Gasteiger partial charge >= 0.3 is 0 Å². The van der Waals surface area contributed by atoms with Gasteiger partial charge in [-0.3, -0.25) is 4.90 Å². The number of hydrogen-bond acceptors (Lipinski definition) is 2.